The van der Waals surface area contributed by atoms with Gasteiger partial charge in [-0.2, -0.15) is 0 Å². The van der Waals surface area contributed by atoms with Gasteiger partial charge in [-0.25, -0.2) is 14.2 Å². The molecule has 0 saturated carbocycles. The van der Waals surface area contributed by atoms with Gasteiger partial charge in [0.25, 0.3) is 5.91 Å². The lowest BCUT2D eigenvalue weighted by atomic mass is 9.93. The highest BCUT2D eigenvalue weighted by molar-refractivity contribution is 6.31. The molecule has 34 heavy (non-hydrogen) atoms. The lowest BCUT2D eigenvalue weighted by molar-refractivity contribution is -0.133. The van der Waals surface area contributed by atoms with Gasteiger partial charge in [0, 0.05) is 18.1 Å². The Morgan fingerprint density at radius 3 is 2.65 bits per heavy atom. The van der Waals surface area contributed by atoms with Gasteiger partial charge in [0.2, 0.25) is 5.91 Å². The van der Waals surface area contributed by atoms with Gasteiger partial charge in [0.05, 0.1) is 20.0 Å². The van der Waals surface area contributed by atoms with E-state index in [9.17, 15) is 18.8 Å². The molecular weight excluding hydrogens is 463 g/mol. The van der Waals surface area contributed by atoms with Crippen molar-refractivity contribution < 1.29 is 23.5 Å². The minimum atomic E-state index is -1.36. The van der Waals surface area contributed by atoms with Gasteiger partial charge in [0.1, 0.15) is 17.1 Å². The molecule has 0 saturated heterocycles. The molecule has 0 spiro atoms. The molecule has 2 heterocycles. The second kappa shape index (κ2) is 9.26. The minimum Gasteiger partial charge on any atom is -0.464 e. The fourth-order valence-electron chi connectivity index (χ4n) is 3.97. The molecule has 3 aromatic rings. The van der Waals surface area contributed by atoms with E-state index in [0.717, 1.165) is 11.6 Å². The van der Waals surface area contributed by atoms with Gasteiger partial charge in [0.15, 0.2) is 5.69 Å². The molecule has 10 heteroatoms. The second-order valence-corrected chi connectivity index (χ2v) is 8.54. The molecule has 1 atom stereocenters. The monoisotopic (exact) mass is 484 g/mol. The summed E-state index contributed by atoms with van der Waals surface area (Å²) in [5.41, 5.74) is -0.144. The fraction of sp³-hybridized carbons (Fsp3) is 0.250. The Hall–Kier alpha value is -3.72. The van der Waals surface area contributed by atoms with E-state index in [2.05, 4.69) is 10.3 Å². The number of carbonyl (C=O) groups is 3. The maximum atomic E-state index is 13.7. The summed E-state index contributed by atoms with van der Waals surface area (Å²) in [5.74, 6) is -2.28. The van der Waals surface area contributed by atoms with Crippen LogP contribution in [0.5, 0.6) is 0 Å². The largest absolute Gasteiger partial charge is 0.464 e. The minimum absolute atomic E-state index is 0.0124. The maximum Gasteiger partial charge on any atom is 0.359 e. The Morgan fingerprint density at radius 1 is 1.24 bits per heavy atom. The molecule has 0 fully saturated rings. The molecule has 8 nitrogen and oxygen atoms in total. The third-order valence-electron chi connectivity index (χ3n) is 5.87. The van der Waals surface area contributed by atoms with Crippen LogP contribution in [0.3, 0.4) is 0 Å². The molecule has 0 radical (unpaired) electrons. The number of benzene rings is 2. The van der Waals surface area contributed by atoms with Crippen LogP contribution in [-0.4, -0.2) is 44.9 Å². The van der Waals surface area contributed by atoms with Gasteiger partial charge in [-0.3, -0.25) is 9.59 Å². The molecule has 1 N–H and O–H groups in total. The number of hydrogen-bond donors (Lipinski definition) is 1. The highest BCUT2D eigenvalue weighted by Crippen LogP contribution is 2.32. The van der Waals surface area contributed by atoms with E-state index in [-0.39, 0.29) is 36.0 Å². The number of rotatable bonds is 6. The van der Waals surface area contributed by atoms with Crippen LogP contribution in [0.4, 0.5) is 4.39 Å². The number of fused-ring (bicyclic) bond motifs is 1. The van der Waals surface area contributed by atoms with E-state index < -0.39 is 29.1 Å². The highest BCUT2D eigenvalue weighted by atomic mass is 35.5. The van der Waals surface area contributed by atoms with Crippen LogP contribution in [0.1, 0.15) is 39.0 Å². The SMILES string of the molecule is COC(=O)c1ncn2c1C(=O)N(Cc1ccc(F)cc1Cl)[C@](C)(C(=O)NCc1ccccc1)C2. The zero-order chi connectivity index (χ0) is 24.5. The number of ether oxygens (including phenoxy) is 1. The van der Waals surface area contributed by atoms with Crippen molar-refractivity contribution in [3.8, 4) is 0 Å². The number of halogens is 2. The smallest absolute Gasteiger partial charge is 0.359 e. The van der Waals surface area contributed by atoms with Crippen LogP contribution in [0, 0.1) is 5.82 Å². The number of imidazole rings is 1. The van der Waals surface area contributed by atoms with Gasteiger partial charge in [-0.05, 0) is 30.2 Å². The summed E-state index contributed by atoms with van der Waals surface area (Å²) in [6, 6.07) is 13.2. The Labute approximate surface area is 200 Å². The van der Waals surface area contributed by atoms with Crippen LogP contribution in [0.2, 0.25) is 5.02 Å². The summed E-state index contributed by atoms with van der Waals surface area (Å²) < 4.78 is 19.8. The first-order chi connectivity index (χ1) is 16.2. The van der Waals surface area contributed by atoms with Gasteiger partial charge >= 0.3 is 5.97 Å². The fourth-order valence-corrected chi connectivity index (χ4v) is 4.20. The van der Waals surface area contributed by atoms with Crippen LogP contribution in [0.15, 0.2) is 54.9 Å². The number of aromatic nitrogens is 2. The van der Waals surface area contributed by atoms with Crippen molar-refractivity contribution in [1.29, 1.82) is 0 Å². The van der Waals surface area contributed by atoms with Crippen LogP contribution in [-0.2, 0) is 29.2 Å². The zero-order valence-electron chi connectivity index (χ0n) is 18.5. The Kier molecular flexibility index (Phi) is 6.39. The Morgan fingerprint density at radius 2 is 1.97 bits per heavy atom. The lowest BCUT2D eigenvalue weighted by Gasteiger charge is -2.43. The van der Waals surface area contributed by atoms with Crippen molar-refractivity contribution in [3.05, 3.63) is 88.2 Å². The number of amides is 2. The van der Waals surface area contributed by atoms with Crippen molar-refractivity contribution in [2.75, 3.05) is 7.11 Å². The van der Waals surface area contributed by atoms with Crippen molar-refractivity contribution >= 4 is 29.4 Å². The maximum absolute atomic E-state index is 13.7. The molecule has 2 aromatic carbocycles. The number of esters is 1. The Balaban J connectivity index is 1.72. The van der Waals surface area contributed by atoms with Gasteiger partial charge in [-0.1, -0.05) is 48.0 Å². The molecule has 2 amide bonds. The van der Waals surface area contributed by atoms with E-state index in [1.807, 2.05) is 30.3 Å². The first kappa shape index (κ1) is 23.4. The van der Waals surface area contributed by atoms with Crippen LogP contribution >= 0.6 is 11.6 Å². The van der Waals surface area contributed by atoms with E-state index in [1.165, 1.54) is 35.0 Å². The van der Waals surface area contributed by atoms with Crippen molar-refractivity contribution in [2.24, 2.45) is 0 Å². The number of carbonyl (C=O) groups excluding carboxylic acids is 3. The molecule has 1 aromatic heterocycles. The van der Waals surface area contributed by atoms with Gasteiger partial charge in [-0.15, -0.1) is 0 Å². The van der Waals surface area contributed by atoms with Gasteiger partial charge < -0.3 is 19.5 Å². The highest BCUT2D eigenvalue weighted by Gasteiger charge is 2.49. The molecule has 0 bridgehead atoms. The molecule has 1 aliphatic rings. The predicted molar refractivity (Wildman–Crippen MR) is 122 cm³/mol. The number of nitrogens with one attached hydrogen (secondary N) is 1. The predicted octanol–water partition coefficient (Wildman–Crippen LogP) is 3.19. The topological polar surface area (TPSA) is 93.5 Å². The summed E-state index contributed by atoms with van der Waals surface area (Å²) in [6.45, 7) is 1.85. The standard InChI is InChI=1S/C24H22ClFN4O4/c1-24(23(33)27-11-15-6-4-3-5-7-15)13-29-14-28-19(22(32)34-2)20(29)21(31)30(24)12-16-8-9-17(26)10-18(16)25/h3-10,14H,11-13H2,1-2H3,(H,27,33)/t24-/m0/s1. The van der Waals surface area contributed by atoms with E-state index >= 15 is 0 Å². The summed E-state index contributed by atoms with van der Waals surface area (Å²) in [7, 11) is 1.19. The third kappa shape index (κ3) is 4.26. The summed E-state index contributed by atoms with van der Waals surface area (Å²) in [5, 5.41) is 3.01. The number of nitrogens with zero attached hydrogens (tertiary/aromatic N) is 3. The summed E-state index contributed by atoms with van der Waals surface area (Å²) >= 11 is 6.22. The number of hydrogen-bond acceptors (Lipinski definition) is 5. The normalized spacial score (nSPS) is 17.3. The first-order valence-corrected chi connectivity index (χ1v) is 10.8. The number of methoxy groups -OCH3 is 1. The first-order valence-electron chi connectivity index (χ1n) is 10.5. The second-order valence-electron chi connectivity index (χ2n) is 8.13. The van der Waals surface area contributed by atoms with Crippen molar-refractivity contribution in [2.45, 2.75) is 32.1 Å². The average Bonchev–Trinajstić information content (AvgIpc) is 3.25. The van der Waals surface area contributed by atoms with E-state index in [1.54, 1.807) is 6.92 Å². The van der Waals surface area contributed by atoms with Crippen LogP contribution < -0.4 is 5.32 Å². The van der Waals surface area contributed by atoms with E-state index in [4.69, 9.17) is 16.3 Å². The molecule has 4 rings (SSSR count). The van der Waals surface area contributed by atoms with Crippen molar-refractivity contribution in [1.82, 2.24) is 19.8 Å². The van der Waals surface area contributed by atoms with E-state index in [0.29, 0.717) is 5.56 Å². The lowest BCUT2D eigenvalue weighted by Crippen LogP contribution is -2.63. The quantitative estimate of drug-likeness (QED) is 0.542. The third-order valence-corrected chi connectivity index (χ3v) is 6.22. The van der Waals surface area contributed by atoms with Crippen LogP contribution in [0.25, 0.3) is 0 Å². The zero-order valence-corrected chi connectivity index (χ0v) is 19.3. The molecule has 0 unspecified atom stereocenters. The molecular formula is C24H22ClFN4O4. The van der Waals surface area contributed by atoms with Crippen molar-refractivity contribution in [3.63, 3.8) is 0 Å². The molecule has 176 valence electrons. The summed E-state index contributed by atoms with van der Waals surface area (Å²) in [4.78, 5) is 44.7. The summed E-state index contributed by atoms with van der Waals surface area (Å²) in [6.07, 6.45) is 1.34. The molecule has 0 aliphatic carbocycles. The Bertz CT molecular complexity index is 1260. The molecule has 1 aliphatic heterocycles. The average molecular weight is 485 g/mol.